The van der Waals surface area contributed by atoms with Crippen LogP contribution in [0.3, 0.4) is 0 Å². The lowest BCUT2D eigenvalue weighted by Crippen LogP contribution is -2.41. The molecule has 4 saturated heterocycles. The maximum absolute atomic E-state index is 14.2. The van der Waals surface area contributed by atoms with Gasteiger partial charge < -0.3 is 40.7 Å². The summed E-state index contributed by atoms with van der Waals surface area (Å²) in [7, 11) is 0. The zero-order valence-electron chi connectivity index (χ0n) is 59.1. The van der Waals surface area contributed by atoms with E-state index in [-0.39, 0.29) is 23.3 Å². The third kappa shape index (κ3) is 23.4. The van der Waals surface area contributed by atoms with Crippen molar-refractivity contribution in [3.63, 3.8) is 0 Å². The molecule has 13 nitrogen and oxygen atoms in total. The molecule has 4 fully saturated rings. The molecule has 0 radical (unpaired) electrons. The highest BCUT2D eigenvalue weighted by atomic mass is 35.5. The molecule has 0 spiro atoms. The molecule has 0 bridgehead atoms. The van der Waals surface area contributed by atoms with E-state index in [1.54, 1.807) is 24.3 Å². The number of nitrogens with one attached hydrogen (secondary N) is 4. The molecule has 5 N–H and O–H groups in total. The minimum Gasteiger partial charge on any atom is -0.389 e. The molecule has 4 aliphatic heterocycles. The minimum atomic E-state index is -0.643. The maximum Gasteiger partial charge on any atom is 0.258 e. The third-order valence-corrected chi connectivity index (χ3v) is 17.7. The van der Waals surface area contributed by atoms with Gasteiger partial charge in [-0.05, 0) is 207 Å². The number of benzene rings is 8. The van der Waals surface area contributed by atoms with E-state index in [2.05, 4.69) is 64.0 Å². The Hall–Kier alpha value is -9.38. The van der Waals surface area contributed by atoms with Gasteiger partial charge in [0.05, 0.1) is 37.6 Å². The molecule has 0 aromatic heterocycles. The van der Waals surface area contributed by atoms with Crippen molar-refractivity contribution in [2.45, 2.75) is 93.6 Å². The lowest BCUT2D eigenvalue weighted by atomic mass is 9.93. The number of likely N-dealkylation sites (tertiary alicyclic amines) is 2. The highest BCUT2D eigenvalue weighted by Crippen LogP contribution is 2.28. The number of amides is 4. The van der Waals surface area contributed by atoms with Gasteiger partial charge in [-0.3, -0.25) is 24.1 Å². The Balaban J connectivity index is 0.000000156. The molecular weight excluding hydrogens is 1270 g/mol. The number of aryl methyl sites for hydroxylation is 4. The Labute approximate surface area is 594 Å². The van der Waals surface area contributed by atoms with Crippen LogP contribution in [0.4, 0.5) is 27.1 Å². The second kappa shape index (κ2) is 35.6. The normalized spacial score (nSPS) is 14.5. The van der Waals surface area contributed by atoms with Crippen LogP contribution in [0.5, 0.6) is 0 Å². The van der Waals surface area contributed by atoms with Crippen molar-refractivity contribution in [3.8, 4) is 0 Å². The van der Waals surface area contributed by atoms with Crippen molar-refractivity contribution in [2.75, 3.05) is 87.0 Å². The molecular formula is C85H94ClFN6O7. The molecule has 100 heavy (non-hydrogen) atoms. The van der Waals surface area contributed by atoms with Crippen molar-refractivity contribution >= 4 is 82.3 Å². The smallest absolute Gasteiger partial charge is 0.258 e. The molecule has 4 aliphatic rings. The summed E-state index contributed by atoms with van der Waals surface area (Å²) >= 11 is 6.27. The molecule has 0 atom stereocenters. The van der Waals surface area contributed by atoms with Gasteiger partial charge in [-0.1, -0.05) is 171 Å². The van der Waals surface area contributed by atoms with Gasteiger partial charge in [0.25, 0.3) is 23.6 Å². The molecule has 4 amide bonds. The fraction of sp³-hybridized carbons (Fsp3) is 0.294. The Morgan fingerprint density at radius 1 is 0.440 bits per heavy atom. The number of β-amino-alcohol motifs (C(OH)–C–C–N with tert-alkyl or cyclic N) is 1. The number of carbonyl (C=O) groups is 4. The van der Waals surface area contributed by atoms with Crippen LogP contribution < -0.4 is 21.3 Å². The first-order valence-electron chi connectivity index (χ1n) is 34.2. The van der Waals surface area contributed by atoms with E-state index in [0.29, 0.717) is 65.8 Å². The number of rotatable bonds is 15. The van der Waals surface area contributed by atoms with E-state index in [1.165, 1.54) is 34.4 Å². The first-order valence-corrected chi connectivity index (χ1v) is 34.6. The number of ether oxygens (including phenoxy) is 2. The first kappa shape index (κ1) is 74.8. The minimum absolute atomic E-state index is 0.0373. The van der Waals surface area contributed by atoms with Gasteiger partial charge in [0.2, 0.25) is 0 Å². The van der Waals surface area contributed by atoms with Gasteiger partial charge in [0, 0.05) is 83.7 Å². The standard InChI is InChI=1S/C25H32N2O.C24H30N2O2.C18H16ClNO2.C18H16FNO2/c1-19-7-5-6-8-23(19)26-24(28)22-11-9-20(10-12-22)17-21-13-15-27(16-14-21)18-25(2,3)4;1-18-6-4-5-7-22(18)25-23(27)21-10-8-19(9-11-21)16-20-12-14-26(15-13-20)17-24(2,3)28;1-12-4-2-3-5-17(12)20-18(21)15-7-6-14(16(19)9-15)8-13-10-22-11-13;1-12-4-2-3-5-17(12)20-18(21)15-7-6-13(9-16(15)19)8-14-10-22-11-14/h5-12,17H,13-16,18H2,1-4H3,(H,26,28);4-11,16,28H,12-15,17H2,1-3H3,(H,25,27);2*2-9H,10-11H2,1H3,(H,20,21). The van der Waals surface area contributed by atoms with Gasteiger partial charge in [0.1, 0.15) is 5.82 Å². The van der Waals surface area contributed by atoms with Gasteiger partial charge >= 0.3 is 0 Å². The molecule has 0 unspecified atom stereocenters. The summed E-state index contributed by atoms with van der Waals surface area (Å²) in [5.74, 6) is -1.29. The van der Waals surface area contributed by atoms with Crippen LogP contribution in [0.2, 0.25) is 5.02 Å². The van der Waals surface area contributed by atoms with Crippen LogP contribution in [0.15, 0.2) is 204 Å². The van der Waals surface area contributed by atoms with Gasteiger partial charge in [0.15, 0.2) is 0 Å². The Morgan fingerprint density at radius 3 is 1.15 bits per heavy atom. The number of nitrogens with zero attached hydrogens (tertiary/aromatic N) is 2. The number of para-hydroxylation sites is 4. The third-order valence-electron chi connectivity index (χ3n) is 17.3. The highest BCUT2D eigenvalue weighted by Gasteiger charge is 2.23. The molecule has 12 rings (SSSR count). The zero-order chi connectivity index (χ0) is 71.3. The maximum atomic E-state index is 14.2. The van der Waals surface area contributed by atoms with Crippen molar-refractivity contribution in [3.05, 3.63) is 282 Å². The quantitative estimate of drug-likeness (QED) is 0.0673. The fourth-order valence-electron chi connectivity index (χ4n) is 11.7. The number of hydrogen-bond donors (Lipinski definition) is 5. The largest absolute Gasteiger partial charge is 0.389 e. The Morgan fingerprint density at radius 2 is 0.790 bits per heavy atom. The van der Waals surface area contributed by atoms with Gasteiger partial charge in [-0.15, -0.1) is 0 Å². The van der Waals surface area contributed by atoms with Gasteiger partial charge in [-0.2, -0.15) is 0 Å². The molecule has 15 heteroatoms. The predicted octanol–water partition coefficient (Wildman–Crippen LogP) is 18.4. The molecule has 8 aromatic carbocycles. The van der Waals surface area contributed by atoms with E-state index >= 15 is 0 Å². The van der Waals surface area contributed by atoms with Crippen molar-refractivity contribution in [2.24, 2.45) is 5.41 Å². The van der Waals surface area contributed by atoms with Crippen LogP contribution in [-0.2, 0) is 9.47 Å². The number of hydrogen-bond acceptors (Lipinski definition) is 9. The summed E-state index contributed by atoms with van der Waals surface area (Å²) in [4.78, 5) is 54.3. The number of halogens is 2. The van der Waals surface area contributed by atoms with Crippen molar-refractivity contribution in [1.29, 1.82) is 0 Å². The molecule has 0 saturated carbocycles. The summed E-state index contributed by atoms with van der Waals surface area (Å²) in [5, 5.41) is 22.1. The van der Waals surface area contributed by atoms with E-state index in [4.69, 9.17) is 21.1 Å². The Bertz CT molecular complexity index is 4120. The lowest BCUT2D eigenvalue weighted by Gasteiger charge is -2.33. The van der Waals surface area contributed by atoms with Crippen LogP contribution in [0.25, 0.3) is 24.3 Å². The summed E-state index contributed by atoms with van der Waals surface area (Å²) in [6.07, 6.45) is 12.7. The van der Waals surface area contributed by atoms with Crippen LogP contribution >= 0.6 is 11.6 Å². The molecule has 520 valence electrons. The van der Waals surface area contributed by atoms with Gasteiger partial charge in [-0.25, -0.2) is 4.39 Å². The number of anilines is 4. The van der Waals surface area contributed by atoms with Crippen LogP contribution in [0.1, 0.15) is 146 Å². The SMILES string of the molecule is Cc1ccccc1NC(=O)c1ccc(C=C2CCN(CC(C)(C)C)CC2)cc1.Cc1ccccc1NC(=O)c1ccc(C=C2CCN(CC(C)(C)O)CC2)cc1.Cc1ccccc1NC(=O)c1ccc(C=C2COC2)c(Cl)c1.Cc1ccccc1NC(=O)c1ccc(C=C2COC2)cc1F. The zero-order valence-corrected chi connectivity index (χ0v) is 59.8. The summed E-state index contributed by atoms with van der Waals surface area (Å²) in [6.45, 7) is 27.1. The highest BCUT2D eigenvalue weighted by molar-refractivity contribution is 6.32. The van der Waals surface area contributed by atoms with E-state index in [1.807, 2.05) is 199 Å². The molecule has 4 heterocycles. The average molecular weight is 1370 g/mol. The fourth-order valence-corrected chi connectivity index (χ4v) is 11.9. The lowest BCUT2D eigenvalue weighted by molar-refractivity contribution is 0.0338. The Kier molecular flexibility index (Phi) is 26.6. The molecule has 0 aliphatic carbocycles. The number of carbonyl (C=O) groups excluding carboxylic acids is 4. The first-order chi connectivity index (χ1) is 47.9. The average Bonchev–Trinajstić information content (AvgIpc) is 0.836. The molecule has 8 aromatic rings. The van der Waals surface area contributed by atoms with Crippen molar-refractivity contribution in [1.82, 2.24) is 9.80 Å². The summed E-state index contributed by atoms with van der Waals surface area (Å²) in [6, 6.07) is 56.3. The van der Waals surface area contributed by atoms with E-state index in [0.717, 1.165) is 120 Å². The number of piperidine rings is 2. The monoisotopic (exact) mass is 1360 g/mol. The second-order valence-corrected chi connectivity index (χ2v) is 28.3. The van der Waals surface area contributed by atoms with Crippen molar-refractivity contribution < 1.29 is 38.1 Å². The summed E-state index contributed by atoms with van der Waals surface area (Å²) < 4.78 is 24.3. The predicted molar refractivity (Wildman–Crippen MR) is 408 cm³/mol. The van der Waals surface area contributed by atoms with Crippen LogP contribution in [0, 0.1) is 38.9 Å². The second-order valence-electron chi connectivity index (χ2n) is 27.9. The van der Waals surface area contributed by atoms with E-state index in [9.17, 15) is 28.7 Å². The number of aliphatic hydroxyl groups is 1. The van der Waals surface area contributed by atoms with E-state index < -0.39 is 17.3 Å². The topological polar surface area (TPSA) is 162 Å². The summed E-state index contributed by atoms with van der Waals surface area (Å²) in [5.41, 5.74) is 18.1. The van der Waals surface area contributed by atoms with Crippen LogP contribution in [-0.4, -0.2) is 110 Å².